The first-order chi connectivity index (χ1) is 14.3. The van der Waals surface area contributed by atoms with Gasteiger partial charge in [-0.15, -0.1) is 0 Å². The van der Waals surface area contributed by atoms with Crippen LogP contribution in [0.2, 0.25) is 0 Å². The number of nitrogens with zero attached hydrogens (tertiary/aromatic N) is 1. The number of rotatable bonds is 7. The number of morpholine rings is 1. The average Bonchev–Trinajstić information content (AvgIpc) is 3.26. The molecule has 30 heavy (non-hydrogen) atoms. The molecule has 2 N–H and O–H groups in total. The van der Waals surface area contributed by atoms with Crippen molar-refractivity contribution in [1.82, 2.24) is 14.6 Å². The highest BCUT2D eigenvalue weighted by Gasteiger charge is 2.29. The van der Waals surface area contributed by atoms with E-state index in [1.165, 1.54) is 23.5 Å². The van der Waals surface area contributed by atoms with E-state index in [4.69, 9.17) is 9.47 Å². The molecule has 2 heterocycles. The molecular weight excluding hydrogens is 410 g/mol. The largest absolute Gasteiger partial charge is 0.448 e. The number of benzene rings is 1. The van der Waals surface area contributed by atoms with E-state index in [2.05, 4.69) is 10.3 Å². The molecule has 2 unspecified atom stereocenters. The van der Waals surface area contributed by atoms with Gasteiger partial charge >= 0.3 is 5.97 Å². The predicted molar refractivity (Wildman–Crippen MR) is 108 cm³/mol. The minimum atomic E-state index is -3.73. The van der Waals surface area contributed by atoms with Crippen LogP contribution in [0.5, 0.6) is 0 Å². The number of H-pyrrole nitrogens is 1. The zero-order valence-electron chi connectivity index (χ0n) is 16.8. The molecule has 0 spiro atoms. The number of carbonyl (C=O) groups excluding carboxylic acids is 2. The Morgan fingerprint density at radius 1 is 1.17 bits per heavy atom. The van der Waals surface area contributed by atoms with Gasteiger partial charge in [0.15, 0.2) is 6.10 Å². The molecule has 1 saturated heterocycles. The summed E-state index contributed by atoms with van der Waals surface area (Å²) >= 11 is 0. The Morgan fingerprint density at radius 2 is 1.83 bits per heavy atom. The Morgan fingerprint density at radius 3 is 2.50 bits per heavy atom. The SMILES string of the molecule is CC(OC(=O)c1cc(S(=O)(=O)N2CCOCC2)c[nH]1)C(=O)NC(C)c1ccccc1. The molecule has 1 fully saturated rings. The van der Waals surface area contributed by atoms with Gasteiger partial charge in [0.2, 0.25) is 10.0 Å². The van der Waals surface area contributed by atoms with Crippen LogP contribution in [-0.2, 0) is 24.3 Å². The van der Waals surface area contributed by atoms with Gasteiger partial charge in [0.1, 0.15) is 10.6 Å². The maximum Gasteiger partial charge on any atom is 0.355 e. The van der Waals surface area contributed by atoms with Crippen LogP contribution in [0.4, 0.5) is 0 Å². The number of carbonyl (C=O) groups is 2. The third kappa shape index (κ3) is 5.07. The van der Waals surface area contributed by atoms with Crippen LogP contribution in [0.15, 0.2) is 47.5 Å². The van der Waals surface area contributed by atoms with Gasteiger partial charge in [-0.3, -0.25) is 4.79 Å². The lowest BCUT2D eigenvalue weighted by Crippen LogP contribution is -2.40. The standard InChI is InChI=1S/C20H25N3O6S/c1-14(16-6-4-3-5-7-16)22-19(24)15(2)29-20(25)18-12-17(13-21-18)30(26,27)23-8-10-28-11-9-23/h3-7,12-15,21H,8-11H2,1-2H3,(H,22,24). The number of hydrogen-bond acceptors (Lipinski definition) is 6. The molecular formula is C20H25N3O6S. The summed E-state index contributed by atoms with van der Waals surface area (Å²) in [5.74, 6) is -1.26. The van der Waals surface area contributed by atoms with Crippen molar-refractivity contribution in [3.63, 3.8) is 0 Å². The summed E-state index contributed by atoms with van der Waals surface area (Å²) in [4.78, 5) is 27.3. The number of hydrogen-bond donors (Lipinski definition) is 2. The van der Waals surface area contributed by atoms with Crippen molar-refractivity contribution < 1.29 is 27.5 Å². The summed E-state index contributed by atoms with van der Waals surface area (Å²) < 4.78 is 37.0. The number of amides is 1. The summed E-state index contributed by atoms with van der Waals surface area (Å²) in [6, 6.07) is 10.4. The molecule has 162 valence electrons. The molecule has 1 aromatic carbocycles. The summed E-state index contributed by atoms with van der Waals surface area (Å²) in [7, 11) is -3.73. The number of nitrogens with one attached hydrogen (secondary N) is 2. The lowest BCUT2D eigenvalue weighted by Gasteiger charge is -2.25. The van der Waals surface area contributed by atoms with Crippen molar-refractivity contribution in [2.75, 3.05) is 26.3 Å². The van der Waals surface area contributed by atoms with Gasteiger partial charge < -0.3 is 19.8 Å². The van der Waals surface area contributed by atoms with E-state index in [1.807, 2.05) is 37.3 Å². The van der Waals surface area contributed by atoms with Gasteiger partial charge in [0.05, 0.1) is 19.3 Å². The van der Waals surface area contributed by atoms with Crippen molar-refractivity contribution in [2.24, 2.45) is 0 Å². The van der Waals surface area contributed by atoms with Crippen molar-refractivity contribution in [3.8, 4) is 0 Å². The maximum absolute atomic E-state index is 12.6. The van der Waals surface area contributed by atoms with Crippen LogP contribution < -0.4 is 5.32 Å². The Hall–Kier alpha value is -2.69. The maximum atomic E-state index is 12.6. The third-order valence-corrected chi connectivity index (χ3v) is 6.67. The monoisotopic (exact) mass is 435 g/mol. The van der Waals surface area contributed by atoms with Crippen LogP contribution in [0.3, 0.4) is 0 Å². The van der Waals surface area contributed by atoms with Gasteiger partial charge in [-0.25, -0.2) is 13.2 Å². The Bertz CT molecular complexity index is 983. The van der Waals surface area contributed by atoms with Gasteiger partial charge in [0, 0.05) is 19.3 Å². The fourth-order valence-corrected chi connectivity index (χ4v) is 4.41. The fourth-order valence-electron chi connectivity index (χ4n) is 3.01. The molecule has 9 nitrogen and oxygen atoms in total. The summed E-state index contributed by atoms with van der Waals surface area (Å²) in [5.41, 5.74) is 0.879. The quantitative estimate of drug-likeness (QED) is 0.636. The van der Waals surface area contributed by atoms with Gasteiger partial charge in [-0.1, -0.05) is 30.3 Å². The molecule has 1 amide bonds. The van der Waals surface area contributed by atoms with E-state index in [0.717, 1.165) is 5.56 Å². The number of sulfonamides is 1. The average molecular weight is 436 g/mol. The predicted octanol–water partition coefficient (Wildman–Crippen LogP) is 1.46. The summed E-state index contributed by atoms with van der Waals surface area (Å²) in [6.45, 7) is 4.45. The highest BCUT2D eigenvalue weighted by molar-refractivity contribution is 7.89. The topological polar surface area (TPSA) is 118 Å². The molecule has 0 saturated carbocycles. The van der Waals surface area contributed by atoms with E-state index < -0.39 is 28.0 Å². The first kappa shape index (κ1) is 22.0. The highest BCUT2D eigenvalue weighted by Crippen LogP contribution is 2.19. The molecule has 10 heteroatoms. The lowest BCUT2D eigenvalue weighted by atomic mass is 10.1. The van der Waals surface area contributed by atoms with Crippen LogP contribution in [-0.4, -0.2) is 62.0 Å². The molecule has 2 aromatic rings. The lowest BCUT2D eigenvalue weighted by molar-refractivity contribution is -0.129. The Kier molecular flexibility index (Phi) is 6.91. The molecule has 0 radical (unpaired) electrons. The Balaban J connectivity index is 1.60. The van der Waals surface area contributed by atoms with Crippen LogP contribution in [0, 0.1) is 0 Å². The number of aromatic amines is 1. The second-order valence-corrected chi connectivity index (χ2v) is 8.89. The van der Waals surface area contributed by atoms with Gasteiger partial charge in [-0.05, 0) is 25.5 Å². The van der Waals surface area contributed by atoms with E-state index >= 15 is 0 Å². The summed E-state index contributed by atoms with van der Waals surface area (Å²) in [5, 5.41) is 2.78. The second kappa shape index (κ2) is 9.41. The van der Waals surface area contributed by atoms with E-state index in [-0.39, 0.29) is 29.7 Å². The molecule has 2 atom stereocenters. The van der Waals surface area contributed by atoms with Crippen molar-refractivity contribution in [3.05, 3.63) is 53.9 Å². The first-order valence-corrected chi connectivity index (χ1v) is 11.1. The molecule has 3 rings (SSSR count). The highest BCUT2D eigenvalue weighted by atomic mass is 32.2. The third-order valence-electron chi connectivity index (χ3n) is 4.80. The van der Waals surface area contributed by atoms with E-state index in [0.29, 0.717) is 13.2 Å². The van der Waals surface area contributed by atoms with Crippen molar-refractivity contribution >= 4 is 21.9 Å². The smallest absolute Gasteiger partial charge is 0.355 e. The minimum absolute atomic E-state index is 0.0360. The minimum Gasteiger partial charge on any atom is -0.448 e. The number of aromatic nitrogens is 1. The number of esters is 1. The fraction of sp³-hybridized carbons (Fsp3) is 0.400. The van der Waals surface area contributed by atoms with Crippen molar-refractivity contribution in [2.45, 2.75) is 30.9 Å². The van der Waals surface area contributed by atoms with Gasteiger partial charge in [0.25, 0.3) is 5.91 Å². The molecule has 0 bridgehead atoms. The normalized spacial score (nSPS) is 17.1. The summed E-state index contributed by atoms with van der Waals surface area (Å²) in [6.07, 6.45) is 0.190. The van der Waals surface area contributed by atoms with Crippen LogP contribution in [0.25, 0.3) is 0 Å². The Labute approximate surface area is 175 Å². The zero-order chi connectivity index (χ0) is 21.7. The molecule has 0 aliphatic carbocycles. The molecule has 1 aliphatic heterocycles. The van der Waals surface area contributed by atoms with E-state index in [9.17, 15) is 18.0 Å². The van der Waals surface area contributed by atoms with Crippen LogP contribution in [0.1, 0.15) is 35.9 Å². The van der Waals surface area contributed by atoms with E-state index in [1.54, 1.807) is 0 Å². The first-order valence-electron chi connectivity index (χ1n) is 9.61. The van der Waals surface area contributed by atoms with Crippen LogP contribution >= 0.6 is 0 Å². The zero-order valence-corrected chi connectivity index (χ0v) is 17.6. The molecule has 1 aliphatic rings. The second-order valence-electron chi connectivity index (χ2n) is 6.95. The van der Waals surface area contributed by atoms with Crippen molar-refractivity contribution in [1.29, 1.82) is 0 Å². The molecule has 1 aromatic heterocycles. The van der Waals surface area contributed by atoms with Gasteiger partial charge in [-0.2, -0.15) is 4.31 Å². The number of ether oxygens (including phenoxy) is 2.